The molecule has 1 aliphatic carbocycles. The molecule has 0 aromatic heterocycles. The number of hydrogen-bond donors (Lipinski definition) is 1. The average molecular weight is 336 g/mol. The smallest absolute Gasteiger partial charge is 0.257 e. The Morgan fingerprint density at radius 1 is 1.21 bits per heavy atom. The molecule has 0 radical (unpaired) electrons. The molecule has 19 heavy (non-hydrogen) atoms. The minimum atomic E-state index is -1.18. The van der Waals surface area contributed by atoms with Crippen LogP contribution in [-0.2, 0) is 0 Å². The predicted molar refractivity (Wildman–Crippen MR) is 68.8 cm³/mol. The maximum absolute atomic E-state index is 13.5. The molecule has 0 atom stereocenters. The Morgan fingerprint density at radius 2 is 1.74 bits per heavy atom. The Balaban J connectivity index is 2.25. The molecule has 0 spiro atoms. The van der Waals surface area contributed by atoms with Crippen molar-refractivity contribution < 1.29 is 18.0 Å². The van der Waals surface area contributed by atoms with Gasteiger partial charge in [-0.25, -0.2) is 13.2 Å². The highest BCUT2D eigenvalue weighted by Crippen LogP contribution is 2.31. The summed E-state index contributed by atoms with van der Waals surface area (Å²) >= 11 is 3.32. The van der Waals surface area contributed by atoms with Gasteiger partial charge in [0.15, 0.2) is 0 Å². The van der Waals surface area contributed by atoms with Gasteiger partial charge in [-0.05, 0) is 12.8 Å². The maximum atomic E-state index is 13.5. The SMILES string of the molecule is O=C(NC1(CBr)CCCC1)c1c(F)cc(F)cc1F. The highest BCUT2D eigenvalue weighted by molar-refractivity contribution is 9.09. The van der Waals surface area contributed by atoms with Crippen molar-refractivity contribution >= 4 is 21.8 Å². The molecule has 1 N–H and O–H groups in total. The van der Waals surface area contributed by atoms with Crippen molar-refractivity contribution in [2.75, 3.05) is 5.33 Å². The van der Waals surface area contributed by atoms with Crippen LogP contribution in [0, 0.1) is 17.5 Å². The Kier molecular flexibility index (Phi) is 4.18. The standard InChI is InChI=1S/C13H13BrF3NO/c14-7-13(3-1-2-4-13)18-12(19)11-9(16)5-8(15)6-10(11)17/h5-6H,1-4,7H2,(H,18,19). The van der Waals surface area contributed by atoms with Gasteiger partial charge in [-0.3, -0.25) is 4.79 Å². The van der Waals surface area contributed by atoms with Crippen LogP contribution in [0.3, 0.4) is 0 Å². The monoisotopic (exact) mass is 335 g/mol. The minimum absolute atomic E-state index is 0.468. The zero-order valence-corrected chi connectivity index (χ0v) is 11.7. The van der Waals surface area contributed by atoms with Crippen molar-refractivity contribution in [3.63, 3.8) is 0 Å². The van der Waals surface area contributed by atoms with Crippen LogP contribution in [0.5, 0.6) is 0 Å². The van der Waals surface area contributed by atoms with Crippen LogP contribution in [0.15, 0.2) is 12.1 Å². The summed E-state index contributed by atoms with van der Waals surface area (Å²) in [6, 6.07) is 1.01. The summed E-state index contributed by atoms with van der Waals surface area (Å²) in [6.07, 6.45) is 3.43. The summed E-state index contributed by atoms with van der Waals surface area (Å²) < 4.78 is 39.8. The molecule has 1 aromatic rings. The summed E-state index contributed by atoms with van der Waals surface area (Å²) in [5.41, 5.74) is -1.20. The van der Waals surface area contributed by atoms with Crippen LogP contribution in [0.2, 0.25) is 0 Å². The first-order chi connectivity index (χ1) is 8.97. The topological polar surface area (TPSA) is 29.1 Å². The molecule has 6 heteroatoms. The van der Waals surface area contributed by atoms with Crippen molar-refractivity contribution in [1.82, 2.24) is 5.32 Å². The van der Waals surface area contributed by atoms with E-state index in [0.717, 1.165) is 25.7 Å². The van der Waals surface area contributed by atoms with Gasteiger partial charge in [-0.15, -0.1) is 0 Å². The summed E-state index contributed by atoms with van der Waals surface area (Å²) in [7, 11) is 0. The molecule has 1 aliphatic rings. The minimum Gasteiger partial charge on any atom is -0.346 e. The Hall–Kier alpha value is -1.04. The molecule has 0 bridgehead atoms. The number of amides is 1. The highest BCUT2D eigenvalue weighted by atomic mass is 79.9. The van der Waals surface area contributed by atoms with Crippen LogP contribution < -0.4 is 5.32 Å². The van der Waals surface area contributed by atoms with E-state index in [9.17, 15) is 18.0 Å². The van der Waals surface area contributed by atoms with Gasteiger partial charge in [-0.2, -0.15) is 0 Å². The van der Waals surface area contributed by atoms with E-state index in [2.05, 4.69) is 21.2 Å². The van der Waals surface area contributed by atoms with E-state index in [0.29, 0.717) is 17.5 Å². The van der Waals surface area contributed by atoms with Gasteiger partial charge in [0.1, 0.15) is 23.0 Å². The van der Waals surface area contributed by atoms with Gasteiger partial charge < -0.3 is 5.32 Å². The van der Waals surface area contributed by atoms with Gasteiger partial charge in [0, 0.05) is 17.5 Å². The Morgan fingerprint density at radius 3 is 2.21 bits per heavy atom. The largest absolute Gasteiger partial charge is 0.346 e. The first kappa shape index (κ1) is 14.4. The highest BCUT2D eigenvalue weighted by Gasteiger charge is 2.35. The lowest BCUT2D eigenvalue weighted by molar-refractivity contribution is 0.0901. The number of hydrogen-bond acceptors (Lipinski definition) is 1. The molecule has 2 nitrogen and oxygen atoms in total. The van der Waals surface area contributed by atoms with Crippen molar-refractivity contribution in [2.45, 2.75) is 31.2 Å². The zero-order chi connectivity index (χ0) is 14.0. The molecule has 1 amide bonds. The molecule has 0 aliphatic heterocycles. The maximum Gasteiger partial charge on any atom is 0.257 e. The molecule has 0 heterocycles. The third kappa shape index (κ3) is 2.94. The van der Waals surface area contributed by atoms with E-state index in [1.165, 1.54) is 0 Å². The van der Waals surface area contributed by atoms with E-state index in [1.807, 2.05) is 0 Å². The van der Waals surface area contributed by atoms with Crippen LogP contribution in [-0.4, -0.2) is 16.8 Å². The number of carbonyl (C=O) groups excluding carboxylic acids is 1. The number of halogens is 4. The van der Waals surface area contributed by atoms with Gasteiger partial charge in [0.05, 0.1) is 5.54 Å². The quantitative estimate of drug-likeness (QED) is 0.841. The summed E-state index contributed by atoms with van der Waals surface area (Å²) in [6.45, 7) is 0. The molecule has 0 unspecified atom stereocenters. The lowest BCUT2D eigenvalue weighted by Crippen LogP contribution is -2.48. The van der Waals surface area contributed by atoms with E-state index >= 15 is 0 Å². The number of carbonyl (C=O) groups is 1. The van der Waals surface area contributed by atoms with E-state index in [4.69, 9.17) is 0 Å². The number of alkyl halides is 1. The van der Waals surface area contributed by atoms with Crippen LogP contribution in [0.4, 0.5) is 13.2 Å². The van der Waals surface area contributed by atoms with Gasteiger partial charge >= 0.3 is 0 Å². The lowest BCUT2D eigenvalue weighted by Gasteiger charge is -2.28. The fourth-order valence-corrected chi connectivity index (χ4v) is 3.11. The summed E-state index contributed by atoms with van der Waals surface area (Å²) in [5.74, 6) is -4.24. The molecule has 2 rings (SSSR count). The second-order valence-corrected chi connectivity index (χ2v) is 5.38. The fraction of sp³-hybridized carbons (Fsp3) is 0.462. The first-order valence-corrected chi connectivity index (χ1v) is 7.13. The third-order valence-corrected chi connectivity index (χ3v) is 4.50. The van der Waals surface area contributed by atoms with Crippen molar-refractivity contribution in [3.05, 3.63) is 35.1 Å². The summed E-state index contributed by atoms with van der Waals surface area (Å²) in [5, 5.41) is 3.20. The molecule has 1 aromatic carbocycles. The lowest BCUT2D eigenvalue weighted by atomic mass is 9.99. The molecule has 0 saturated heterocycles. The van der Waals surface area contributed by atoms with Crippen molar-refractivity contribution in [3.8, 4) is 0 Å². The van der Waals surface area contributed by atoms with Gasteiger partial charge in [0.25, 0.3) is 5.91 Å². The second-order valence-electron chi connectivity index (χ2n) is 4.82. The zero-order valence-electron chi connectivity index (χ0n) is 10.1. The second kappa shape index (κ2) is 5.53. The Labute approximate surface area is 117 Å². The molecule has 1 fully saturated rings. The molecular formula is C13H13BrF3NO. The Bertz CT molecular complexity index is 478. The summed E-state index contributed by atoms with van der Waals surface area (Å²) in [4.78, 5) is 12.0. The van der Waals surface area contributed by atoms with E-state index < -0.39 is 34.5 Å². The normalized spacial score (nSPS) is 17.5. The average Bonchev–Trinajstić information content (AvgIpc) is 2.76. The predicted octanol–water partition coefficient (Wildman–Crippen LogP) is 3.54. The van der Waals surface area contributed by atoms with E-state index in [-0.39, 0.29) is 0 Å². The number of benzene rings is 1. The fourth-order valence-electron chi connectivity index (χ4n) is 2.41. The van der Waals surface area contributed by atoms with Crippen molar-refractivity contribution in [1.29, 1.82) is 0 Å². The molecule has 104 valence electrons. The number of rotatable bonds is 3. The first-order valence-electron chi connectivity index (χ1n) is 6.00. The van der Waals surface area contributed by atoms with Crippen molar-refractivity contribution in [2.24, 2.45) is 0 Å². The molecular weight excluding hydrogens is 323 g/mol. The van der Waals surface area contributed by atoms with Crippen LogP contribution >= 0.6 is 15.9 Å². The number of nitrogens with one attached hydrogen (secondary N) is 1. The van der Waals surface area contributed by atoms with Gasteiger partial charge in [0.2, 0.25) is 0 Å². The van der Waals surface area contributed by atoms with Crippen LogP contribution in [0.25, 0.3) is 0 Å². The van der Waals surface area contributed by atoms with Crippen LogP contribution in [0.1, 0.15) is 36.0 Å². The third-order valence-electron chi connectivity index (χ3n) is 3.43. The van der Waals surface area contributed by atoms with E-state index in [1.54, 1.807) is 0 Å². The van der Waals surface area contributed by atoms with Gasteiger partial charge in [-0.1, -0.05) is 28.8 Å². The molecule has 1 saturated carbocycles.